The van der Waals surface area contributed by atoms with Crippen LogP contribution in [0.15, 0.2) is 11.2 Å². The normalized spacial score (nSPS) is 20.8. The Labute approximate surface area is 97.5 Å². The molecule has 94 valence electrons. The van der Waals surface area contributed by atoms with E-state index in [1.807, 2.05) is 0 Å². The summed E-state index contributed by atoms with van der Waals surface area (Å²) in [6, 6.07) is 0. The lowest BCUT2D eigenvalue weighted by molar-refractivity contribution is 0.159. The smallest absolute Gasteiger partial charge is 0.257 e. The van der Waals surface area contributed by atoms with Crippen molar-refractivity contribution in [3.8, 4) is 0 Å². The highest BCUT2D eigenvalue weighted by Crippen LogP contribution is 2.13. The SMILES string of the molecule is FC(F)CN=Cc1cn(C[C@@H]2CCOC2)nn1. The van der Waals surface area contributed by atoms with Crippen molar-refractivity contribution in [2.45, 2.75) is 19.4 Å². The van der Waals surface area contributed by atoms with Gasteiger partial charge in [-0.3, -0.25) is 9.67 Å². The van der Waals surface area contributed by atoms with E-state index in [1.165, 1.54) is 6.21 Å². The molecule has 2 heterocycles. The van der Waals surface area contributed by atoms with E-state index >= 15 is 0 Å². The maximum atomic E-state index is 11.8. The number of aromatic nitrogens is 3. The Balaban J connectivity index is 1.84. The van der Waals surface area contributed by atoms with Crippen molar-refractivity contribution in [1.82, 2.24) is 15.0 Å². The Morgan fingerprint density at radius 1 is 1.65 bits per heavy atom. The van der Waals surface area contributed by atoms with E-state index < -0.39 is 13.0 Å². The molecule has 0 N–H and O–H groups in total. The second-order valence-corrected chi connectivity index (χ2v) is 3.98. The van der Waals surface area contributed by atoms with Crippen LogP contribution in [-0.2, 0) is 11.3 Å². The number of nitrogens with zero attached hydrogens (tertiary/aromatic N) is 4. The van der Waals surface area contributed by atoms with Crippen LogP contribution in [0.5, 0.6) is 0 Å². The fourth-order valence-corrected chi connectivity index (χ4v) is 1.68. The largest absolute Gasteiger partial charge is 0.381 e. The van der Waals surface area contributed by atoms with Crippen LogP contribution in [0.25, 0.3) is 0 Å². The highest BCUT2D eigenvalue weighted by atomic mass is 19.3. The molecule has 0 unspecified atom stereocenters. The molecule has 0 radical (unpaired) electrons. The molecule has 1 aliphatic heterocycles. The van der Waals surface area contributed by atoms with Gasteiger partial charge < -0.3 is 4.74 Å². The Morgan fingerprint density at radius 2 is 2.53 bits per heavy atom. The average Bonchev–Trinajstić information content (AvgIpc) is 2.90. The van der Waals surface area contributed by atoms with Gasteiger partial charge in [0.15, 0.2) is 0 Å². The van der Waals surface area contributed by atoms with Crippen molar-refractivity contribution < 1.29 is 13.5 Å². The molecule has 1 aromatic rings. The Hall–Kier alpha value is -1.37. The molecule has 1 saturated heterocycles. The van der Waals surface area contributed by atoms with Gasteiger partial charge in [-0.15, -0.1) is 5.10 Å². The second-order valence-electron chi connectivity index (χ2n) is 3.98. The van der Waals surface area contributed by atoms with Crippen molar-refractivity contribution >= 4 is 6.21 Å². The van der Waals surface area contributed by atoms with E-state index in [9.17, 15) is 8.78 Å². The van der Waals surface area contributed by atoms with Gasteiger partial charge in [0.25, 0.3) is 6.43 Å². The number of hydrogen-bond donors (Lipinski definition) is 0. The Morgan fingerprint density at radius 3 is 3.24 bits per heavy atom. The number of aliphatic imine (C=N–C) groups is 1. The summed E-state index contributed by atoms with van der Waals surface area (Å²) in [5, 5.41) is 7.74. The molecule has 0 aliphatic carbocycles. The number of halogens is 2. The second kappa shape index (κ2) is 5.81. The summed E-state index contributed by atoms with van der Waals surface area (Å²) in [6.07, 6.45) is 1.62. The van der Waals surface area contributed by atoms with Gasteiger partial charge in [0, 0.05) is 19.1 Å². The van der Waals surface area contributed by atoms with E-state index in [1.54, 1.807) is 10.9 Å². The lowest BCUT2D eigenvalue weighted by Crippen LogP contribution is -2.11. The predicted molar refractivity (Wildman–Crippen MR) is 57.4 cm³/mol. The third kappa shape index (κ3) is 3.85. The zero-order valence-electron chi connectivity index (χ0n) is 9.30. The lowest BCUT2D eigenvalue weighted by Gasteiger charge is -2.05. The van der Waals surface area contributed by atoms with E-state index in [4.69, 9.17) is 4.74 Å². The number of rotatable bonds is 5. The third-order valence-electron chi connectivity index (χ3n) is 2.49. The molecule has 5 nitrogen and oxygen atoms in total. The minimum Gasteiger partial charge on any atom is -0.381 e. The van der Waals surface area contributed by atoms with Crippen molar-refractivity contribution in [3.63, 3.8) is 0 Å². The van der Waals surface area contributed by atoms with E-state index in [0.29, 0.717) is 11.6 Å². The van der Waals surface area contributed by atoms with Crippen LogP contribution in [0.1, 0.15) is 12.1 Å². The van der Waals surface area contributed by atoms with Gasteiger partial charge in [0.1, 0.15) is 5.69 Å². The topological polar surface area (TPSA) is 52.3 Å². The third-order valence-corrected chi connectivity index (χ3v) is 2.49. The van der Waals surface area contributed by atoms with Crippen LogP contribution < -0.4 is 0 Å². The summed E-state index contributed by atoms with van der Waals surface area (Å²) in [6.45, 7) is 1.79. The van der Waals surface area contributed by atoms with Crippen LogP contribution in [0, 0.1) is 5.92 Å². The van der Waals surface area contributed by atoms with Crippen molar-refractivity contribution in [1.29, 1.82) is 0 Å². The first kappa shape index (κ1) is 12.1. The highest BCUT2D eigenvalue weighted by molar-refractivity contribution is 5.76. The zero-order valence-corrected chi connectivity index (χ0v) is 9.30. The van der Waals surface area contributed by atoms with Crippen LogP contribution in [0.4, 0.5) is 8.78 Å². The summed E-state index contributed by atoms with van der Waals surface area (Å²) in [4.78, 5) is 3.57. The molecule has 17 heavy (non-hydrogen) atoms. The summed E-state index contributed by atoms with van der Waals surface area (Å²) < 4.78 is 30.6. The standard InChI is InChI=1S/C10H14F2N4O/c11-10(12)4-13-3-9-6-16(15-14-9)5-8-1-2-17-7-8/h3,6,8,10H,1-2,4-5,7H2/t8-/m0/s1. The Kier molecular flexibility index (Phi) is 4.13. The molecule has 0 aromatic carbocycles. The quantitative estimate of drug-likeness (QED) is 0.726. The minimum absolute atomic E-state index is 0.461. The van der Waals surface area contributed by atoms with Crippen molar-refractivity contribution in [3.05, 3.63) is 11.9 Å². The van der Waals surface area contributed by atoms with Gasteiger partial charge in [-0.25, -0.2) is 8.78 Å². The summed E-state index contributed by atoms with van der Waals surface area (Å²) >= 11 is 0. The number of hydrogen-bond acceptors (Lipinski definition) is 4. The Bertz CT molecular complexity index is 374. The van der Waals surface area contributed by atoms with Crippen molar-refractivity contribution in [2.75, 3.05) is 19.8 Å². The van der Waals surface area contributed by atoms with Crippen molar-refractivity contribution in [2.24, 2.45) is 10.9 Å². The van der Waals surface area contributed by atoms with Gasteiger partial charge in [-0.05, 0) is 6.42 Å². The van der Waals surface area contributed by atoms with Gasteiger partial charge in [0.2, 0.25) is 0 Å². The maximum Gasteiger partial charge on any atom is 0.257 e. The first-order valence-electron chi connectivity index (χ1n) is 5.50. The minimum atomic E-state index is -2.42. The van der Waals surface area contributed by atoms with E-state index in [0.717, 1.165) is 26.2 Å². The molecular weight excluding hydrogens is 230 g/mol. The number of alkyl halides is 2. The molecule has 2 rings (SSSR count). The average molecular weight is 244 g/mol. The monoisotopic (exact) mass is 244 g/mol. The summed E-state index contributed by atoms with van der Waals surface area (Å²) in [5.41, 5.74) is 0.504. The van der Waals surface area contributed by atoms with Crippen LogP contribution in [0.3, 0.4) is 0 Å². The summed E-state index contributed by atoms with van der Waals surface area (Å²) in [7, 11) is 0. The van der Waals surface area contributed by atoms with Crippen LogP contribution >= 0.6 is 0 Å². The first-order valence-corrected chi connectivity index (χ1v) is 5.50. The molecule has 0 spiro atoms. The van der Waals surface area contributed by atoms with Crippen LogP contribution in [-0.4, -0.2) is 47.4 Å². The maximum absolute atomic E-state index is 11.8. The molecule has 0 amide bonds. The summed E-state index contributed by atoms with van der Waals surface area (Å²) in [5.74, 6) is 0.461. The molecule has 1 aromatic heterocycles. The predicted octanol–water partition coefficient (Wildman–Crippen LogP) is 0.999. The lowest BCUT2D eigenvalue weighted by atomic mass is 10.1. The van der Waals surface area contributed by atoms with E-state index in [2.05, 4.69) is 15.3 Å². The zero-order chi connectivity index (χ0) is 12.1. The molecule has 0 saturated carbocycles. The molecule has 1 fully saturated rings. The molecule has 7 heteroatoms. The molecule has 1 atom stereocenters. The van der Waals surface area contributed by atoms with Gasteiger partial charge in [-0.1, -0.05) is 5.21 Å². The fourth-order valence-electron chi connectivity index (χ4n) is 1.68. The fraction of sp³-hybridized carbons (Fsp3) is 0.700. The van der Waals surface area contributed by atoms with Gasteiger partial charge in [-0.2, -0.15) is 0 Å². The van der Waals surface area contributed by atoms with Gasteiger partial charge in [0.05, 0.1) is 25.6 Å². The molecule has 0 bridgehead atoms. The van der Waals surface area contributed by atoms with Crippen LogP contribution in [0.2, 0.25) is 0 Å². The van der Waals surface area contributed by atoms with E-state index in [-0.39, 0.29) is 0 Å². The molecular formula is C10H14F2N4O. The van der Waals surface area contributed by atoms with Gasteiger partial charge >= 0.3 is 0 Å². The number of ether oxygens (including phenoxy) is 1. The molecule has 1 aliphatic rings. The highest BCUT2D eigenvalue weighted by Gasteiger charge is 2.16. The first-order chi connectivity index (χ1) is 8.24.